The van der Waals surface area contributed by atoms with Crippen molar-refractivity contribution in [3.05, 3.63) is 17.7 Å². The molecule has 1 aromatic rings. The third-order valence-electron chi connectivity index (χ3n) is 12.0. The molecule has 12 unspecified atom stereocenters. The Bertz CT molecular complexity index is 1080. The van der Waals surface area contributed by atoms with Crippen LogP contribution in [0.1, 0.15) is 94.9 Å². The minimum absolute atomic E-state index is 0.0534. The Hall–Kier alpha value is -1.81. The second-order valence-electron chi connectivity index (χ2n) is 13.9. The van der Waals surface area contributed by atoms with E-state index in [-0.39, 0.29) is 64.6 Å². The zero-order valence-electron chi connectivity index (χ0n) is 23.6. The number of ketones is 1. The molecule has 12 atom stereocenters. The number of fused-ring (bicyclic) bond motifs is 5. The normalized spacial score (nSPS) is 43.2. The van der Waals surface area contributed by atoms with Gasteiger partial charge in [0, 0.05) is 24.7 Å². The average Bonchev–Trinajstić information content (AvgIpc) is 3.49. The molecule has 39 heavy (non-hydrogen) atoms. The van der Waals surface area contributed by atoms with Crippen LogP contribution in [0.5, 0.6) is 0 Å². The highest BCUT2D eigenvalue weighted by Gasteiger charge is 2.65. The lowest BCUT2D eigenvalue weighted by molar-refractivity contribution is -0.207. The highest BCUT2D eigenvalue weighted by molar-refractivity contribution is 5.92. The number of carboxylic acid groups (broad SMARTS) is 1. The van der Waals surface area contributed by atoms with Crippen LogP contribution < -0.4 is 5.73 Å². The van der Waals surface area contributed by atoms with E-state index in [1.54, 1.807) is 0 Å². The van der Waals surface area contributed by atoms with Crippen LogP contribution in [0.25, 0.3) is 0 Å². The van der Waals surface area contributed by atoms with E-state index in [1.807, 2.05) is 0 Å². The summed E-state index contributed by atoms with van der Waals surface area (Å²) in [6, 6.07) is -1.05. The van der Waals surface area contributed by atoms with Gasteiger partial charge < -0.3 is 31.1 Å². The number of nitrogens with two attached hydrogens (primary N) is 1. The van der Waals surface area contributed by atoms with Gasteiger partial charge in [-0.15, -0.1) is 0 Å². The molecule has 0 saturated heterocycles. The summed E-state index contributed by atoms with van der Waals surface area (Å²) >= 11 is 0. The van der Waals surface area contributed by atoms with Crippen LogP contribution in [-0.2, 0) is 11.2 Å². The van der Waals surface area contributed by atoms with Crippen molar-refractivity contribution in [1.82, 2.24) is 9.97 Å². The van der Waals surface area contributed by atoms with Gasteiger partial charge in [-0.05, 0) is 97.7 Å². The van der Waals surface area contributed by atoms with Crippen molar-refractivity contribution in [3.63, 3.8) is 0 Å². The van der Waals surface area contributed by atoms with Crippen LogP contribution in [0.3, 0.4) is 0 Å². The van der Waals surface area contributed by atoms with Crippen LogP contribution in [-0.4, -0.2) is 66.5 Å². The summed E-state index contributed by atoms with van der Waals surface area (Å²) in [5.74, 6) is 0.504. The first-order chi connectivity index (χ1) is 18.4. The van der Waals surface area contributed by atoms with Gasteiger partial charge in [-0.3, -0.25) is 9.59 Å². The van der Waals surface area contributed by atoms with E-state index in [0.717, 1.165) is 38.5 Å². The lowest BCUT2D eigenvalue weighted by Crippen LogP contribution is -2.62. The summed E-state index contributed by atoms with van der Waals surface area (Å²) in [6.07, 6.45) is 7.38. The summed E-state index contributed by atoms with van der Waals surface area (Å²) in [5, 5.41) is 42.5. The molecule has 4 saturated carbocycles. The Morgan fingerprint density at radius 1 is 1.13 bits per heavy atom. The van der Waals surface area contributed by atoms with E-state index in [1.165, 1.54) is 6.20 Å². The zero-order valence-corrected chi connectivity index (χ0v) is 23.6. The molecule has 4 fully saturated rings. The van der Waals surface area contributed by atoms with Crippen molar-refractivity contribution in [2.45, 2.75) is 109 Å². The third-order valence-corrected chi connectivity index (χ3v) is 12.0. The van der Waals surface area contributed by atoms with Gasteiger partial charge in [0.1, 0.15) is 6.04 Å². The van der Waals surface area contributed by atoms with E-state index < -0.39 is 24.2 Å². The Morgan fingerprint density at radius 3 is 2.59 bits per heavy atom. The van der Waals surface area contributed by atoms with Gasteiger partial charge >= 0.3 is 5.97 Å². The first kappa shape index (κ1) is 28.7. The molecule has 4 aliphatic carbocycles. The van der Waals surface area contributed by atoms with E-state index in [2.05, 4.69) is 30.7 Å². The number of hydrogen-bond acceptors (Lipinski definition) is 7. The molecule has 218 valence electrons. The molecule has 0 bridgehead atoms. The van der Waals surface area contributed by atoms with Crippen molar-refractivity contribution < 1.29 is 30.0 Å². The van der Waals surface area contributed by atoms with Gasteiger partial charge in [0.05, 0.1) is 18.3 Å². The molecular weight excluding hydrogens is 498 g/mol. The van der Waals surface area contributed by atoms with Gasteiger partial charge in [-0.2, -0.15) is 0 Å². The van der Waals surface area contributed by atoms with Crippen LogP contribution in [0.15, 0.2) is 6.20 Å². The van der Waals surface area contributed by atoms with Gasteiger partial charge in [-0.25, -0.2) is 4.98 Å². The maximum Gasteiger partial charge on any atom is 0.320 e. The molecule has 1 heterocycles. The monoisotopic (exact) mass is 545 g/mol. The van der Waals surface area contributed by atoms with E-state index >= 15 is 0 Å². The highest BCUT2D eigenvalue weighted by atomic mass is 16.4. The fraction of sp³-hybridized carbons (Fsp3) is 0.833. The van der Waals surface area contributed by atoms with E-state index in [0.29, 0.717) is 30.9 Å². The summed E-state index contributed by atoms with van der Waals surface area (Å²) < 4.78 is 0. The number of aromatic amines is 1. The summed E-state index contributed by atoms with van der Waals surface area (Å²) in [4.78, 5) is 31.0. The summed E-state index contributed by atoms with van der Waals surface area (Å²) in [5.41, 5.74) is 5.88. The van der Waals surface area contributed by atoms with Gasteiger partial charge in [0.25, 0.3) is 0 Å². The molecule has 1 aromatic heterocycles. The second kappa shape index (κ2) is 10.5. The molecule has 7 N–H and O–H groups in total. The first-order valence-corrected chi connectivity index (χ1v) is 15.0. The van der Waals surface area contributed by atoms with Crippen molar-refractivity contribution in [2.24, 2.45) is 52.1 Å². The molecule has 0 spiro atoms. The minimum Gasteiger partial charge on any atom is -0.480 e. The smallest absolute Gasteiger partial charge is 0.320 e. The Labute approximate surface area is 231 Å². The number of nitrogens with one attached hydrogen (secondary N) is 1. The van der Waals surface area contributed by atoms with Crippen molar-refractivity contribution >= 4 is 11.8 Å². The number of aromatic nitrogens is 2. The molecule has 0 aromatic carbocycles. The predicted molar refractivity (Wildman–Crippen MR) is 145 cm³/mol. The number of carboxylic acids is 1. The standard InChI is InChI=1S/C30H47N3O6/c1-15(4-7-23(35)27-32-14-17(33-27)12-22(31)28(38)39)19-5-6-20-26-21(13-25(37)30(19,20)3)29(2)9-8-18(34)10-16(29)11-24(26)36/h14-16,18-22,24-26,34,36-37H,4-13,31H2,1-3H3,(H,32,33)(H,38,39). The van der Waals surface area contributed by atoms with Gasteiger partial charge in [-0.1, -0.05) is 20.8 Å². The number of aliphatic hydroxyl groups is 3. The fourth-order valence-corrected chi connectivity index (χ4v) is 9.74. The van der Waals surface area contributed by atoms with Crippen molar-refractivity contribution in [1.29, 1.82) is 0 Å². The number of imidazole rings is 1. The maximum absolute atomic E-state index is 12.9. The number of nitrogens with zero attached hydrogens (tertiary/aromatic N) is 1. The molecule has 0 amide bonds. The molecule has 5 rings (SSSR count). The molecule has 0 aliphatic heterocycles. The predicted octanol–water partition coefficient (Wildman–Crippen LogP) is 2.92. The average molecular weight is 546 g/mol. The van der Waals surface area contributed by atoms with Crippen LogP contribution in [0, 0.1) is 46.3 Å². The van der Waals surface area contributed by atoms with Crippen LogP contribution in [0.2, 0.25) is 0 Å². The number of aliphatic carboxylic acids is 1. The van der Waals surface area contributed by atoms with Crippen molar-refractivity contribution in [2.75, 3.05) is 0 Å². The SMILES string of the molecule is CC(CCC(=O)c1ncc(CC(N)C(=O)O)[nH]1)C1CCC2C3C(O)CC4CC(O)CCC4(C)C3CC(O)C12C. The molecule has 0 radical (unpaired) electrons. The minimum atomic E-state index is -1.10. The van der Waals surface area contributed by atoms with Crippen LogP contribution >= 0.6 is 0 Å². The van der Waals surface area contributed by atoms with Gasteiger partial charge in [0.15, 0.2) is 11.6 Å². The number of carbonyl (C=O) groups excluding carboxylic acids is 1. The van der Waals surface area contributed by atoms with Gasteiger partial charge in [0.2, 0.25) is 0 Å². The lowest BCUT2D eigenvalue weighted by atomic mass is 9.43. The highest BCUT2D eigenvalue weighted by Crippen LogP contribution is 2.68. The Kier molecular flexibility index (Phi) is 7.76. The number of Topliss-reactive ketones (excluding diaryl/α,β-unsaturated/α-hetero) is 1. The first-order valence-electron chi connectivity index (χ1n) is 15.0. The number of H-pyrrole nitrogens is 1. The molecule has 9 nitrogen and oxygen atoms in total. The number of aliphatic hydroxyl groups excluding tert-OH is 3. The molecule has 9 heteroatoms. The number of rotatable bonds is 8. The zero-order chi connectivity index (χ0) is 28.3. The van der Waals surface area contributed by atoms with Crippen LogP contribution in [0.4, 0.5) is 0 Å². The lowest BCUT2D eigenvalue weighted by Gasteiger charge is -2.63. The quantitative estimate of drug-likeness (QED) is 0.271. The number of hydrogen-bond donors (Lipinski definition) is 6. The van der Waals surface area contributed by atoms with Crippen molar-refractivity contribution in [3.8, 4) is 0 Å². The third kappa shape index (κ3) is 4.87. The molecule has 4 aliphatic rings. The van der Waals surface area contributed by atoms with E-state index in [9.17, 15) is 24.9 Å². The Morgan fingerprint density at radius 2 is 1.87 bits per heavy atom. The summed E-state index contributed by atoms with van der Waals surface area (Å²) in [6.45, 7) is 6.75. The number of carbonyl (C=O) groups is 2. The molecular formula is C30H47N3O6. The summed E-state index contributed by atoms with van der Waals surface area (Å²) in [7, 11) is 0. The fourth-order valence-electron chi connectivity index (χ4n) is 9.74. The topological polar surface area (TPSA) is 170 Å². The largest absolute Gasteiger partial charge is 0.480 e. The second-order valence-corrected chi connectivity index (χ2v) is 13.9. The van der Waals surface area contributed by atoms with E-state index in [4.69, 9.17) is 10.8 Å². The Balaban J connectivity index is 1.25. The maximum atomic E-state index is 12.9.